The quantitative estimate of drug-likeness (QED) is 0.440. The van der Waals surface area contributed by atoms with Crippen LogP contribution in [0.15, 0.2) is 54.6 Å². The summed E-state index contributed by atoms with van der Waals surface area (Å²) in [6.07, 6.45) is 3.19. The lowest BCUT2D eigenvalue weighted by molar-refractivity contribution is 0.0119. The normalized spacial score (nSPS) is 18.3. The van der Waals surface area contributed by atoms with Crippen LogP contribution < -0.4 is 4.74 Å². The predicted molar refractivity (Wildman–Crippen MR) is 120 cm³/mol. The Morgan fingerprint density at radius 2 is 1.61 bits per heavy atom. The van der Waals surface area contributed by atoms with Crippen LogP contribution in [0.2, 0.25) is 0 Å². The van der Waals surface area contributed by atoms with Crippen molar-refractivity contribution in [2.75, 3.05) is 7.11 Å². The highest BCUT2D eigenvalue weighted by Gasteiger charge is 2.24. The fourth-order valence-electron chi connectivity index (χ4n) is 4.42. The van der Waals surface area contributed by atoms with Crippen molar-refractivity contribution in [3.8, 4) is 16.9 Å². The maximum atomic E-state index is 14.7. The molecule has 0 heterocycles. The van der Waals surface area contributed by atoms with E-state index in [0.717, 1.165) is 31.2 Å². The molecule has 0 radical (unpaired) electrons. The molecule has 1 N–H and O–H groups in total. The van der Waals surface area contributed by atoms with E-state index in [1.807, 2.05) is 6.07 Å². The van der Waals surface area contributed by atoms with Crippen molar-refractivity contribution in [3.05, 3.63) is 88.7 Å². The van der Waals surface area contributed by atoms with E-state index in [4.69, 9.17) is 14.6 Å². The van der Waals surface area contributed by atoms with Crippen LogP contribution in [0.4, 0.5) is 13.2 Å². The Morgan fingerprint density at radius 3 is 2.24 bits per heavy atom. The molecule has 1 saturated carbocycles. The maximum Gasteiger partial charge on any atom is 0.167 e. The van der Waals surface area contributed by atoms with Gasteiger partial charge in [-0.05, 0) is 60.4 Å². The van der Waals surface area contributed by atoms with Crippen LogP contribution in [0.1, 0.15) is 48.3 Å². The minimum atomic E-state index is -0.905. The maximum absolute atomic E-state index is 14.7. The lowest BCUT2D eigenvalue weighted by Crippen LogP contribution is -2.21. The van der Waals surface area contributed by atoms with Gasteiger partial charge in [0.2, 0.25) is 0 Å². The molecule has 0 amide bonds. The SMILES string of the molecule is COc1ccc(C2CCC(OCc3ccc(-c4ccc(CO)cc4)c(F)c3F)CC2)cc1F. The Morgan fingerprint density at radius 1 is 0.879 bits per heavy atom. The van der Waals surface area contributed by atoms with Crippen molar-refractivity contribution in [1.82, 2.24) is 0 Å². The number of hydrogen-bond acceptors (Lipinski definition) is 3. The fraction of sp³-hybridized carbons (Fsp3) is 0.333. The van der Waals surface area contributed by atoms with E-state index in [9.17, 15) is 13.2 Å². The fourth-order valence-corrected chi connectivity index (χ4v) is 4.42. The van der Waals surface area contributed by atoms with Gasteiger partial charge in [0, 0.05) is 11.1 Å². The third kappa shape index (κ3) is 5.23. The molecule has 3 aromatic rings. The molecule has 1 aliphatic rings. The first-order valence-electron chi connectivity index (χ1n) is 11.1. The molecule has 0 aromatic heterocycles. The molecule has 6 heteroatoms. The summed E-state index contributed by atoms with van der Waals surface area (Å²) in [6.45, 7) is -0.106. The summed E-state index contributed by atoms with van der Waals surface area (Å²) in [5, 5.41) is 9.14. The van der Waals surface area contributed by atoms with Crippen molar-refractivity contribution >= 4 is 0 Å². The zero-order chi connectivity index (χ0) is 23.4. The molecule has 1 aliphatic carbocycles. The van der Waals surface area contributed by atoms with Gasteiger partial charge >= 0.3 is 0 Å². The van der Waals surface area contributed by atoms with Gasteiger partial charge in [-0.3, -0.25) is 0 Å². The number of halogens is 3. The molecular formula is C27H27F3O3. The highest BCUT2D eigenvalue weighted by Crippen LogP contribution is 2.36. The van der Waals surface area contributed by atoms with E-state index in [1.165, 1.54) is 13.2 Å². The summed E-state index contributed by atoms with van der Waals surface area (Å²) < 4.78 is 54.3. The zero-order valence-corrected chi connectivity index (χ0v) is 18.5. The number of hydrogen-bond donors (Lipinski definition) is 1. The Hall–Kier alpha value is -2.83. The van der Waals surface area contributed by atoms with E-state index >= 15 is 0 Å². The van der Waals surface area contributed by atoms with Gasteiger partial charge in [0.05, 0.1) is 26.4 Å². The van der Waals surface area contributed by atoms with E-state index in [-0.39, 0.29) is 47.9 Å². The Bertz CT molecular complexity index is 1090. The minimum absolute atomic E-state index is 0.00101. The van der Waals surface area contributed by atoms with Crippen LogP contribution in [-0.2, 0) is 18.0 Å². The van der Waals surface area contributed by atoms with Crippen molar-refractivity contribution in [1.29, 1.82) is 0 Å². The summed E-state index contributed by atoms with van der Waals surface area (Å²) in [5.41, 5.74) is 2.55. The van der Waals surface area contributed by atoms with Crippen LogP contribution >= 0.6 is 0 Å². The second-order valence-corrected chi connectivity index (χ2v) is 8.43. The molecule has 4 rings (SSSR count). The summed E-state index contributed by atoms with van der Waals surface area (Å²) in [7, 11) is 1.44. The lowest BCUT2D eigenvalue weighted by atomic mass is 9.82. The molecule has 0 bridgehead atoms. The number of rotatable bonds is 7. The number of ether oxygens (including phenoxy) is 2. The Kier molecular flexibility index (Phi) is 7.36. The van der Waals surface area contributed by atoms with E-state index in [0.29, 0.717) is 11.1 Å². The monoisotopic (exact) mass is 456 g/mol. The summed E-state index contributed by atoms with van der Waals surface area (Å²) in [5.74, 6) is -1.69. The standard InChI is InChI=1S/C27H27F3O3/c1-32-25-13-9-20(14-24(25)28)18-6-10-22(11-7-18)33-16-21-8-12-23(27(30)26(21)29)19-4-2-17(15-31)3-5-19/h2-5,8-9,12-14,18,22,31H,6-7,10-11,15-16H2,1H3. The van der Waals surface area contributed by atoms with Crippen LogP contribution in [-0.4, -0.2) is 18.3 Å². The zero-order valence-electron chi connectivity index (χ0n) is 18.5. The highest BCUT2D eigenvalue weighted by atomic mass is 19.2. The summed E-state index contributed by atoms with van der Waals surface area (Å²) >= 11 is 0. The molecule has 0 aliphatic heterocycles. The highest BCUT2D eigenvalue weighted by molar-refractivity contribution is 5.65. The first-order chi connectivity index (χ1) is 16.0. The van der Waals surface area contributed by atoms with Gasteiger partial charge in [-0.25, -0.2) is 13.2 Å². The van der Waals surface area contributed by atoms with Crippen LogP contribution in [0.25, 0.3) is 11.1 Å². The van der Waals surface area contributed by atoms with Crippen molar-refractivity contribution in [2.45, 2.75) is 50.9 Å². The first-order valence-corrected chi connectivity index (χ1v) is 11.1. The minimum Gasteiger partial charge on any atom is -0.494 e. The van der Waals surface area contributed by atoms with Gasteiger partial charge in [-0.2, -0.15) is 0 Å². The molecule has 3 nitrogen and oxygen atoms in total. The molecule has 3 aromatic carbocycles. The lowest BCUT2D eigenvalue weighted by Gasteiger charge is -2.29. The third-order valence-electron chi connectivity index (χ3n) is 6.41. The molecule has 0 unspecified atom stereocenters. The van der Waals surface area contributed by atoms with E-state index < -0.39 is 11.6 Å². The summed E-state index contributed by atoms with van der Waals surface area (Å²) in [6, 6.07) is 14.9. The van der Waals surface area contributed by atoms with Crippen LogP contribution in [0.3, 0.4) is 0 Å². The smallest absolute Gasteiger partial charge is 0.167 e. The van der Waals surface area contributed by atoms with Crippen LogP contribution in [0, 0.1) is 17.5 Å². The average Bonchev–Trinajstić information content (AvgIpc) is 2.85. The number of aliphatic hydroxyl groups is 1. The molecular weight excluding hydrogens is 429 g/mol. The molecule has 1 fully saturated rings. The number of methoxy groups -OCH3 is 1. The van der Waals surface area contributed by atoms with Crippen molar-refractivity contribution < 1.29 is 27.8 Å². The molecule has 33 heavy (non-hydrogen) atoms. The van der Waals surface area contributed by atoms with Gasteiger partial charge in [0.1, 0.15) is 0 Å². The van der Waals surface area contributed by atoms with Gasteiger partial charge in [0.15, 0.2) is 23.2 Å². The Labute approximate surface area is 191 Å². The summed E-state index contributed by atoms with van der Waals surface area (Å²) in [4.78, 5) is 0. The van der Waals surface area contributed by atoms with Gasteiger partial charge in [0.25, 0.3) is 0 Å². The predicted octanol–water partition coefficient (Wildman–Crippen LogP) is 6.51. The topological polar surface area (TPSA) is 38.7 Å². The second kappa shape index (κ2) is 10.4. The van der Waals surface area contributed by atoms with Gasteiger partial charge in [-0.15, -0.1) is 0 Å². The second-order valence-electron chi connectivity index (χ2n) is 8.43. The largest absolute Gasteiger partial charge is 0.494 e. The van der Waals surface area contributed by atoms with Gasteiger partial charge < -0.3 is 14.6 Å². The first kappa shape index (κ1) is 23.3. The third-order valence-corrected chi connectivity index (χ3v) is 6.41. The average molecular weight is 457 g/mol. The molecule has 0 atom stereocenters. The van der Waals surface area contributed by atoms with E-state index in [2.05, 4.69) is 0 Å². The molecule has 0 spiro atoms. The van der Waals surface area contributed by atoms with Crippen molar-refractivity contribution in [2.24, 2.45) is 0 Å². The van der Waals surface area contributed by atoms with Crippen molar-refractivity contribution in [3.63, 3.8) is 0 Å². The number of benzene rings is 3. The van der Waals surface area contributed by atoms with Crippen LogP contribution in [0.5, 0.6) is 5.75 Å². The molecule has 174 valence electrons. The number of aliphatic hydroxyl groups excluding tert-OH is 1. The Balaban J connectivity index is 1.35. The van der Waals surface area contributed by atoms with Gasteiger partial charge in [-0.1, -0.05) is 42.5 Å². The molecule has 0 saturated heterocycles. The van der Waals surface area contributed by atoms with E-state index in [1.54, 1.807) is 42.5 Å².